The molecule has 30 heavy (non-hydrogen) atoms. The van der Waals surface area contributed by atoms with Crippen LogP contribution in [0.15, 0.2) is 29.4 Å². The molecule has 2 fully saturated rings. The van der Waals surface area contributed by atoms with E-state index >= 15 is 0 Å². The number of piperidine rings is 1. The lowest BCUT2D eigenvalue weighted by Gasteiger charge is -2.31. The van der Waals surface area contributed by atoms with E-state index in [2.05, 4.69) is 31.3 Å². The van der Waals surface area contributed by atoms with Crippen molar-refractivity contribution >= 4 is 17.7 Å². The monoisotopic (exact) mass is 438 g/mol. The van der Waals surface area contributed by atoms with E-state index in [4.69, 9.17) is 4.74 Å². The molecular formula is C21H28F2N4O2S. The quantitative estimate of drug-likeness (QED) is 0.562. The van der Waals surface area contributed by atoms with Crippen molar-refractivity contribution in [2.45, 2.75) is 62.8 Å². The van der Waals surface area contributed by atoms with Crippen LogP contribution in [0.2, 0.25) is 0 Å². The van der Waals surface area contributed by atoms with Crippen molar-refractivity contribution in [1.82, 2.24) is 14.8 Å². The minimum absolute atomic E-state index is 0.173. The first-order valence-corrected chi connectivity index (χ1v) is 11.5. The van der Waals surface area contributed by atoms with E-state index in [0.717, 1.165) is 74.5 Å². The van der Waals surface area contributed by atoms with Crippen molar-refractivity contribution in [3.05, 3.63) is 29.8 Å². The predicted octanol–water partition coefficient (Wildman–Crippen LogP) is 4.59. The van der Waals surface area contributed by atoms with Crippen LogP contribution in [0.1, 0.15) is 38.2 Å². The Morgan fingerprint density at radius 2 is 2.07 bits per heavy atom. The Bertz CT molecular complexity index is 821. The molecule has 4 rings (SSSR count). The molecule has 2 aromatic rings. The second-order valence-electron chi connectivity index (χ2n) is 8.01. The summed E-state index contributed by atoms with van der Waals surface area (Å²) in [6.07, 6.45) is 4.64. The van der Waals surface area contributed by atoms with Crippen LogP contribution in [-0.4, -0.2) is 47.2 Å². The Morgan fingerprint density at radius 3 is 2.80 bits per heavy atom. The normalized spacial score (nSPS) is 20.3. The molecule has 2 aliphatic heterocycles. The summed E-state index contributed by atoms with van der Waals surface area (Å²) in [5.74, 6) is 2.43. The van der Waals surface area contributed by atoms with Crippen molar-refractivity contribution in [3.63, 3.8) is 0 Å². The van der Waals surface area contributed by atoms with Crippen molar-refractivity contribution in [2.24, 2.45) is 5.92 Å². The van der Waals surface area contributed by atoms with Crippen LogP contribution in [0.4, 0.5) is 14.7 Å². The zero-order valence-electron chi connectivity index (χ0n) is 17.2. The summed E-state index contributed by atoms with van der Waals surface area (Å²) in [5.41, 5.74) is 0.901. The van der Waals surface area contributed by atoms with Gasteiger partial charge in [-0.05, 0) is 49.3 Å². The molecule has 1 unspecified atom stereocenters. The molecule has 164 valence electrons. The number of hydrogen-bond acceptors (Lipinski definition) is 6. The van der Waals surface area contributed by atoms with Crippen molar-refractivity contribution in [2.75, 3.05) is 24.6 Å². The van der Waals surface area contributed by atoms with Crippen LogP contribution >= 0.6 is 11.8 Å². The van der Waals surface area contributed by atoms with E-state index in [1.165, 1.54) is 6.07 Å². The van der Waals surface area contributed by atoms with Gasteiger partial charge in [-0.3, -0.25) is 4.57 Å². The molecule has 9 heteroatoms. The van der Waals surface area contributed by atoms with Crippen LogP contribution in [0.3, 0.4) is 0 Å². The zero-order chi connectivity index (χ0) is 20.9. The standard InChI is InChI=1S/C21H28F2N4O2S/c1-15-7-9-26(10-8-15)20-24-25-21(27(20)13-18-6-3-11-28-18)30-14-16-4-2-5-17(12-16)29-19(22)23/h2,4-5,12,15,18-19H,3,6-11,13-14H2,1H3. The molecular weight excluding hydrogens is 410 g/mol. The van der Waals surface area contributed by atoms with Gasteiger partial charge in [-0.2, -0.15) is 8.78 Å². The number of rotatable bonds is 8. The summed E-state index contributed by atoms with van der Waals surface area (Å²) < 4.78 is 37.5. The van der Waals surface area contributed by atoms with Gasteiger partial charge in [-0.1, -0.05) is 30.8 Å². The molecule has 0 bridgehead atoms. The summed E-state index contributed by atoms with van der Waals surface area (Å²) in [4.78, 5) is 2.32. The maximum absolute atomic E-state index is 12.5. The van der Waals surface area contributed by atoms with Crippen molar-refractivity contribution < 1.29 is 18.3 Å². The van der Waals surface area contributed by atoms with Gasteiger partial charge >= 0.3 is 6.61 Å². The van der Waals surface area contributed by atoms with E-state index in [-0.39, 0.29) is 11.9 Å². The zero-order valence-corrected chi connectivity index (χ0v) is 18.0. The fraction of sp³-hybridized carbons (Fsp3) is 0.619. The summed E-state index contributed by atoms with van der Waals surface area (Å²) in [5, 5.41) is 9.81. The Labute approximate surface area is 179 Å². The topological polar surface area (TPSA) is 52.4 Å². The van der Waals surface area contributed by atoms with Crippen LogP contribution in [-0.2, 0) is 17.0 Å². The average Bonchev–Trinajstić information content (AvgIpc) is 3.37. The molecule has 2 saturated heterocycles. The van der Waals surface area contributed by atoms with Crippen LogP contribution in [0, 0.1) is 5.92 Å². The Morgan fingerprint density at radius 1 is 1.23 bits per heavy atom. The first-order valence-electron chi connectivity index (χ1n) is 10.5. The summed E-state index contributed by atoms with van der Waals surface area (Å²) in [7, 11) is 0. The molecule has 1 atom stereocenters. The molecule has 6 nitrogen and oxygen atoms in total. The third kappa shape index (κ3) is 5.43. The molecule has 0 radical (unpaired) electrons. The number of ether oxygens (including phenoxy) is 2. The van der Waals surface area contributed by atoms with Gasteiger partial charge in [0.2, 0.25) is 5.95 Å². The van der Waals surface area contributed by atoms with E-state index in [1.807, 2.05) is 6.07 Å². The molecule has 2 aliphatic rings. The number of alkyl halides is 2. The summed E-state index contributed by atoms with van der Waals surface area (Å²) in [6.45, 7) is 3.00. The van der Waals surface area contributed by atoms with E-state index in [1.54, 1.807) is 23.9 Å². The van der Waals surface area contributed by atoms with E-state index in [0.29, 0.717) is 5.75 Å². The highest BCUT2D eigenvalue weighted by atomic mass is 32.2. The summed E-state index contributed by atoms with van der Waals surface area (Å²) in [6, 6.07) is 6.81. The van der Waals surface area contributed by atoms with Crippen LogP contribution in [0.25, 0.3) is 0 Å². The molecule has 1 aromatic carbocycles. The van der Waals surface area contributed by atoms with Gasteiger partial charge in [0.15, 0.2) is 5.16 Å². The lowest BCUT2D eigenvalue weighted by molar-refractivity contribution is -0.0498. The van der Waals surface area contributed by atoms with E-state index in [9.17, 15) is 8.78 Å². The molecule has 0 amide bonds. The SMILES string of the molecule is CC1CCN(c2nnc(SCc3cccc(OC(F)F)c3)n2CC2CCCO2)CC1. The lowest BCUT2D eigenvalue weighted by Crippen LogP contribution is -2.35. The number of aromatic nitrogens is 3. The molecule has 0 aliphatic carbocycles. The fourth-order valence-corrected chi connectivity index (χ4v) is 4.83. The third-order valence-corrected chi connectivity index (χ3v) is 6.70. The van der Waals surface area contributed by atoms with Crippen molar-refractivity contribution in [1.29, 1.82) is 0 Å². The highest BCUT2D eigenvalue weighted by molar-refractivity contribution is 7.98. The number of anilines is 1. The second kappa shape index (κ2) is 9.96. The van der Waals surface area contributed by atoms with Gasteiger partial charge in [0.1, 0.15) is 5.75 Å². The lowest BCUT2D eigenvalue weighted by atomic mass is 10.00. The number of thioether (sulfide) groups is 1. The number of halogens is 2. The molecule has 0 saturated carbocycles. The first kappa shape index (κ1) is 21.4. The smallest absolute Gasteiger partial charge is 0.387 e. The van der Waals surface area contributed by atoms with Crippen molar-refractivity contribution in [3.8, 4) is 5.75 Å². The second-order valence-corrected chi connectivity index (χ2v) is 8.95. The van der Waals surface area contributed by atoms with Gasteiger partial charge in [0, 0.05) is 25.4 Å². The van der Waals surface area contributed by atoms with Gasteiger partial charge in [-0.15, -0.1) is 10.2 Å². The van der Waals surface area contributed by atoms with Gasteiger partial charge in [0.05, 0.1) is 12.6 Å². The molecule has 0 spiro atoms. The maximum atomic E-state index is 12.5. The number of nitrogens with zero attached hydrogens (tertiary/aromatic N) is 4. The largest absolute Gasteiger partial charge is 0.435 e. The highest BCUT2D eigenvalue weighted by Gasteiger charge is 2.26. The molecule has 1 aromatic heterocycles. The van der Waals surface area contributed by atoms with Crippen LogP contribution < -0.4 is 9.64 Å². The Hall–Kier alpha value is -1.87. The minimum atomic E-state index is -2.82. The number of hydrogen-bond donors (Lipinski definition) is 0. The number of benzene rings is 1. The van der Waals surface area contributed by atoms with Gasteiger partial charge in [-0.25, -0.2) is 0 Å². The Kier molecular flexibility index (Phi) is 7.09. The van der Waals surface area contributed by atoms with Crippen LogP contribution in [0.5, 0.6) is 5.75 Å². The average molecular weight is 439 g/mol. The minimum Gasteiger partial charge on any atom is -0.435 e. The predicted molar refractivity (Wildman–Crippen MR) is 112 cm³/mol. The summed E-state index contributed by atoms with van der Waals surface area (Å²) >= 11 is 1.56. The maximum Gasteiger partial charge on any atom is 0.387 e. The third-order valence-electron chi connectivity index (χ3n) is 5.67. The van der Waals surface area contributed by atoms with E-state index < -0.39 is 6.61 Å². The highest BCUT2D eigenvalue weighted by Crippen LogP contribution is 2.30. The van der Waals surface area contributed by atoms with Gasteiger partial charge in [0.25, 0.3) is 0 Å². The Balaban J connectivity index is 1.49. The van der Waals surface area contributed by atoms with Gasteiger partial charge < -0.3 is 14.4 Å². The molecule has 0 N–H and O–H groups in total. The molecule has 3 heterocycles. The first-order chi connectivity index (χ1) is 14.6. The fourth-order valence-electron chi connectivity index (χ4n) is 3.94.